The van der Waals surface area contributed by atoms with Gasteiger partial charge in [0, 0.05) is 0 Å². The quantitative estimate of drug-likeness (QED) is 0.756. The van der Waals surface area contributed by atoms with Crippen LogP contribution >= 0.6 is 0 Å². The Kier molecular flexibility index (Phi) is 5.51. The molecule has 21 heavy (non-hydrogen) atoms. The fourth-order valence-electron chi connectivity index (χ4n) is 2.42. The highest BCUT2D eigenvalue weighted by molar-refractivity contribution is 5.15. The summed E-state index contributed by atoms with van der Waals surface area (Å²) in [6.45, 7) is 4.70. The van der Waals surface area contributed by atoms with E-state index in [1.807, 2.05) is 31.3 Å². The second-order valence-electron chi connectivity index (χ2n) is 5.87. The molecule has 0 spiro atoms. The Balaban J connectivity index is 1.95. The maximum absolute atomic E-state index is 10.5. The van der Waals surface area contributed by atoms with Crippen molar-refractivity contribution >= 4 is 0 Å². The minimum absolute atomic E-state index is 0.662. The number of rotatable bonds is 8. The molecule has 0 amide bonds. The summed E-state index contributed by atoms with van der Waals surface area (Å²) in [5.74, 6) is 0. The van der Waals surface area contributed by atoms with Crippen LogP contribution in [0.3, 0.4) is 0 Å². The molecule has 1 aromatic carbocycles. The molecule has 1 atom stereocenters. The predicted octanol–water partition coefficient (Wildman–Crippen LogP) is 3.50. The molecule has 1 N–H and O–H groups in total. The maximum atomic E-state index is 10.5. The number of aliphatic hydroxyl groups is 1. The second kappa shape index (κ2) is 7.36. The van der Waals surface area contributed by atoms with Crippen LogP contribution in [-0.2, 0) is 12.1 Å². The molecule has 1 aromatic heterocycles. The van der Waals surface area contributed by atoms with Crippen LogP contribution in [-0.4, -0.2) is 20.1 Å². The first-order valence-electron chi connectivity index (χ1n) is 7.79. The zero-order valence-corrected chi connectivity index (χ0v) is 13.0. The van der Waals surface area contributed by atoms with Gasteiger partial charge in [-0.15, -0.1) is 5.10 Å². The van der Waals surface area contributed by atoms with Gasteiger partial charge in [-0.1, -0.05) is 68.2 Å². The van der Waals surface area contributed by atoms with Gasteiger partial charge in [0.1, 0.15) is 11.3 Å². The van der Waals surface area contributed by atoms with E-state index in [0.29, 0.717) is 12.2 Å². The molecule has 0 saturated heterocycles. The van der Waals surface area contributed by atoms with E-state index in [0.717, 1.165) is 19.3 Å². The van der Waals surface area contributed by atoms with Gasteiger partial charge >= 0.3 is 0 Å². The Bertz CT molecular complexity index is 534. The van der Waals surface area contributed by atoms with E-state index in [1.54, 1.807) is 4.68 Å². The first kappa shape index (κ1) is 15.7. The number of benzene rings is 1. The van der Waals surface area contributed by atoms with E-state index >= 15 is 0 Å². The largest absolute Gasteiger partial charge is 0.384 e. The molecular weight excluding hydrogens is 262 g/mol. The Hall–Kier alpha value is -1.68. The summed E-state index contributed by atoms with van der Waals surface area (Å²) in [5.41, 5.74) is 0.953. The lowest BCUT2D eigenvalue weighted by Crippen LogP contribution is -2.21. The topological polar surface area (TPSA) is 50.9 Å². The molecule has 0 bridgehead atoms. The lowest BCUT2D eigenvalue weighted by atomic mass is 9.95. The molecular formula is C17H25N3O. The lowest BCUT2D eigenvalue weighted by molar-refractivity contribution is 0.0403. The summed E-state index contributed by atoms with van der Waals surface area (Å²) in [4.78, 5) is 0. The van der Waals surface area contributed by atoms with Crippen molar-refractivity contribution < 1.29 is 5.11 Å². The smallest absolute Gasteiger partial charge is 0.114 e. The van der Waals surface area contributed by atoms with Gasteiger partial charge in [0.15, 0.2) is 0 Å². The van der Waals surface area contributed by atoms with Gasteiger partial charge in [0.25, 0.3) is 0 Å². The van der Waals surface area contributed by atoms with E-state index in [4.69, 9.17) is 0 Å². The van der Waals surface area contributed by atoms with Crippen molar-refractivity contribution in [2.45, 2.75) is 58.1 Å². The summed E-state index contributed by atoms with van der Waals surface area (Å²) in [6.07, 6.45) is 7.19. The molecule has 4 nitrogen and oxygen atoms in total. The number of unbranched alkanes of at least 4 members (excludes halogenated alkanes) is 3. The average Bonchev–Trinajstić information content (AvgIpc) is 2.94. The SMILES string of the molecule is CCCCCCC(C)(O)c1cn(Cc2ccccc2)nn1. The van der Waals surface area contributed by atoms with Crippen molar-refractivity contribution in [1.82, 2.24) is 15.0 Å². The molecule has 0 aliphatic rings. The number of hydrogen-bond donors (Lipinski definition) is 1. The van der Waals surface area contributed by atoms with Crippen LogP contribution in [0.1, 0.15) is 57.2 Å². The molecule has 0 aliphatic heterocycles. The molecule has 4 heteroatoms. The zero-order valence-electron chi connectivity index (χ0n) is 13.0. The van der Waals surface area contributed by atoms with Crippen LogP contribution in [0.15, 0.2) is 36.5 Å². The van der Waals surface area contributed by atoms with Crippen LogP contribution in [0.2, 0.25) is 0 Å². The van der Waals surface area contributed by atoms with Crippen molar-refractivity contribution in [2.75, 3.05) is 0 Å². The fraction of sp³-hybridized carbons (Fsp3) is 0.529. The predicted molar refractivity (Wildman–Crippen MR) is 83.9 cm³/mol. The standard InChI is InChI=1S/C17H25N3O/c1-3-4-5-9-12-17(2,21)16-14-20(19-18-16)13-15-10-7-6-8-11-15/h6-8,10-11,14,21H,3-5,9,12-13H2,1-2H3. The maximum Gasteiger partial charge on any atom is 0.114 e. The number of nitrogens with zero attached hydrogens (tertiary/aromatic N) is 3. The Morgan fingerprint density at radius 3 is 2.62 bits per heavy atom. The summed E-state index contributed by atoms with van der Waals surface area (Å²) in [5, 5.41) is 18.8. The highest BCUT2D eigenvalue weighted by Crippen LogP contribution is 2.25. The van der Waals surface area contributed by atoms with Gasteiger partial charge in [-0.2, -0.15) is 0 Å². The first-order valence-corrected chi connectivity index (χ1v) is 7.79. The fourth-order valence-corrected chi connectivity index (χ4v) is 2.42. The zero-order chi connectivity index (χ0) is 15.1. The average molecular weight is 287 g/mol. The molecule has 0 saturated carbocycles. The van der Waals surface area contributed by atoms with Crippen LogP contribution in [0.25, 0.3) is 0 Å². The van der Waals surface area contributed by atoms with E-state index in [-0.39, 0.29) is 0 Å². The molecule has 1 heterocycles. The minimum atomic E-state index is -0.886. The summed E-state index contributed by atoms with van der Waals surface area (Å²) in [7, 11) is 0. The van der Waals surface area contributed by atoms with Gasteiger partial charge in [-0.05, 0) is 18.9 Å². The van der Waals surface area contributed by atoms with E-state index < -0.39 is 5.60 Å². The molecule has 0 radical (unpaired) electrons. The van der Waals surface area contributed by atoms with E-state index in [2.05, 4.69) is 29.4 Å². The third-order valence-electron chi connectivity index (χ3n) is 3.79. The van der Waals surface area contributed by atoms with Gasteiger partial charge in [-0.25, -0.2) is 4.68 Å². The monoisotopic (exact) mass is 287 g/mol. The highest BCUT2D eigenvalue weighted by atomic mass is 16.3. The minimum Gasteiger partial charge on any atom is -0.384 e. The molecule has 114 valence electrons. The second-order valence-corrected chi connectivity index (χ2v) is 5.87. The lowest BCUT2D eigenvalue weighted by Gasteiger charge is -2.20. The molecule has 0 aliphatic carbocycles. The Labute approximate surface area is 126 Å². The molecule has 1 unspecified atom stereocenters. The molecule has 2 rings (SSSR count). The van der Waals surface area contributed by atoms with Gasteiger partial charge in [0.05, 0.1) is 12.7 Å². The van der Waals surface area contributed by atoms with Crippen LogP contribution < -0.4 is 0 Å². The van der Waals surface area contributed by atoms with Crippen LogP contribution in [0.4, 0.5) is 0 Å². The van der Waals surface area contributed by atoms with Crippen LogP contribution in [0.5, 0.6) is 0 Å². The van der Waals surface area contributed by atoms with Crippen molar-refractivity contribution in [3.63, 3.8) is 0 Å². The molecule has 2 aromatic rings. The Morgan fingerprint density at radius 1 is 1.14 bits per heavy atom. The van der Waals surface area contributed by atoms with Gasteiger partial charge < -0.3 is 5.11 Å². The first-order chi connectivity index (χ1) is 10.1. The number of hydrogen-bond acceptors (Lipinski definition) is 3. The third kappa shape index (κ3) is 4.67. The Morgan fingerprint density at radius 2 is 1.90 bits per heavy atom. The van der Waals surface area contributed by atoms with E-state index in [1.165, 1.54) is 18.4 Å². The number of aromatic nitrogens is 3. The van der Waals surface area contributed by atoms with Crippen LogP contribution in [0, 0.1) is 0 Å². The highest BCUT2D eigenvalue weighted by Gasteiger charge is 2.26. The third-order valence-corrected chi connectivity index (χ3v) is 3.79. The van der Waals surface area contributed by atoms with Gasteiger partial charge in [0.2, 0.25) is 0 Å². The van der Waals surface area contributed by atoms with Crippen molar-refractivity contribution in [3.05, 3.63) is 47.8 Å². The normalized spacial score (nSPS) is 14.0. The van der Waals surface area contributed by atoms with Crippen molar-refractivity contribution in [1.29, 1.82) is 0 Å². The summed E-state index contributed by atoms with van der Waals surface area (Å²) < 4.78 is 1.78. The van der Waals surface area contributed by atoms with Crippen molar-refractivity contribution in [3.8, 4) is 0 Å². The summed E-state index contributed by atoms with van der Waals surface area (Å²) in [6, 6.07) is 10.1. The van der Waals surface area contributed by atoms with Crippen molar-refractivity contribution in [2.24, 2.45) is 0 Å². The summed E-state index contributed by atoms with van der Waals surface area (Å²) >= 11 is 0. The molecule has 0 fully saturated rings. The van der Waals surface area contributed by atoms with Gasteiger partial charge in [-0.3, -0.25) is 0 Å². The van der Waals surface area contributed by atoms with E-state index in [9.17, 15) is 5.11 Å².